The Morgan fingerprint density at radius 2 is 1.91 bits per heavy atom. The summed E-state index contributed by atoms with van der Waals surface area (Å²) in [5.74, 6) is 1.69. The first kappa shape index (κ1) is 15.9. The Balaban J connectivity index is 1.64. The zero-order chi connectivity index (χ0) is 15.7. The van der Waals surface area contributed by atoms with Crippen LogP contribution in [0.3, 0.4) is 0 Å². The van der Waals surface area contributed by atoms with E-state index in [1.807, 2.05) is 4.68 Å². The molecule has 0 spiro atoms. The summed E-state index contributed by atoms with van der Waals surface area (Å²) in [6, 6.07) is 0.849. The van der Waals surface area contributed by atoms with Gasteiger partial charge in [-0.25, -0.2) is 4.68 Å². The van der Waals surface area contributed by atoms with Gasteiger partial charge in [0.2, 0.25) is 0 Å². The van der Waals surface area contributed by atoms with Crippen molar-refractivity contribution in [2.24, 2.45) is 5.92 Å². The molecule has 0 amide bonds. The van der Waals surface area contributed by atoms with Gasteiger partial charge < -0.3 is 0 Å². The van der Waals surface area contributed by atoms with Crippen LogP contribution in [0.25, 0.3) is 0 Å². The van der Waals surface area contributed by atoms with Gasteiger partial charge in [0.25, 0.3) is 0 Å². The minimum Gasteiger partial charge on any atom is -0.299 e. The van der Waals surface area contributed by atoms with Gasteiger partial charge in [0, 0.05) is 32.2 Å². The summed E-state index contributed by atoms with van der Waals surface area (Å²) in [4.78, 5) is 5.23. The van der Waals surface area contributed by atoms with Crippen LogP contribution in [0.2, 0.25) is 0 Å². The van der Waals surface area contributed by atoms with Crippen molar-refractivity contribution < 1.29 is 0 Å². The van der Waals surface area contributed by atoms with Crippen LogP contribution < -0.4 is 0 Å². The lowest BCUT2D eigenvalue weighted by atomic mass is 9.91. The van der Waals surface area contributed by atoms with Gasteiger partial charge in [-0.2, -0.15) is 0 Å². The van der Waals surface area contributed by atoms with Crippen molar-refractivity contribution in [3.05, 3.63) is 5.82 Å². The molecule has 2 aliphatic rings. The Bertz CT molecular complexity index is 487. The molecule has 1 atom stereocenters. The lowest BCUT2D eigenvalue weighted by molar-refractivity contribution is 0.122. The summed E-state index contributed by atoms with van der Waals surface area (Å²) >= 11 is 0. The van der Waals surface area contributed by atoms with Crippen LogP contribution in [0.1, 0.15) is 52.8 Å². The smallest absolute Gasteiger partial charge is 0.165 e. The van der Waals surface area contributed by atoms with E-state index in [9.17, 15) is 0 Å². The minimum absolute atomic E-state index is 0.0612. The molecule has 2 heterocycles. The molecule has 124 valence electrons. The molecule has 1 aromatic heterocycles. The van der Waals surface area contributed by atoms with Crippen molar-refractivity contribution >= 4 is 0 Å². The Labute approximate surface area is 133 Å². The molecule has 0 radical (unpaired) electrons. The van der Waals surface area contributed by atoms with E-state index in [0.29, 0.717) is 5.92 Å². The molecule has 0 N–H and O–H groups in total. The summed E-state index contributed by atoms with van der Waals surface area (Å²) < 4.78 is 1.96. The second kappa shape index (κ2) is 6.24. The van der Waals surface area contributed by atoms with Gasteiger partial charge in [-0.1, -0.05) is 13.3 Å². The van der Waals surface area contributed by atoms with Crippen molar-refractivity contribution in [1.82, 2.24) is 30.0 Å². The normalized spacial score (nSPS) is 25.9. The number of nitrogens with zero attached hydrogens (tertiary/aromatic N) is 6. The Kier molecular flexibility index (Phi) is 4.50. The predicted octanol–water partition coefficient (Wildman–Crippen LogP) is 1.73. The second-order valence-corrected chi connectivity index (χ2v) is 8.10. The zero-order valence-electron chi connectivity index (χ0n) is 14.5. The summed E-state index contributed by atoms with van der Waals surface area (Å²) in [6.07, 6.45) is 4.21. The van der Waals surface area contributed by atoms with Crippen molar-refractivity contribution in [1.29, 1.82) is 0 Å². The fourth-order valence-electron chi connectivity index (χ4n) is 3.60. The van der Waals surface area contributed by atoms with Gasteiger partial charge in [0.05, 0.1) is 12.1 Å². The van der Waals surface area contributed by atoms with E-state index in [2.05, 4.69) is 53.0 Å². The summed E-state index contributed by atoms with van der Waals surface area (Å²) in [6.45, 7) is 14.4. The average Bonchev–Trinajstić information content (AvgIpc) is 2.74. The van der Waals surface area contributed by atoms with E-state index in [4.69, 9.17) is 0 Å². The molecule has 3 rings (SSSR count). The standard InChI is InChI=1S/C16H30N6/c1-13-10-20(8-9-21(11-13)14-6-5-7-14)12-15-17-18-19-22(15)16(2,3)4/h13-14H,5-12H2,1-4H3/t13-/m1/s1. The van der Waals surface area contributed by atoms with E-state index in [-0.39, 0.29) is 5.54 Å². The molecular weight excluding hydrogens is 276 g/mol. The lowest BCUT2D eigenvalue weighted by Crippen LogP contribution is -2.43. The molecule has 1 aliphatic heterocycles. The maximum atomic E-state index is 4.26. The molecule has 6 heteroatoms. The van der Waals surface area contributed by atoms with Crippen molar-refractivity contribution in [2.45, 2.75) is 65.1 Å². The van der Waals surface area contributed by atoms with Crippen molar-refractivity contribution in [3.63, 3.8) is 0 Å². The van der Waals surface area contributed by atoms with Gasteiger partial charge in [-0.15, -0.1) is 5.10 Å². The van der Waals surface area contributed by atoms with Crippen LogP contribution in [0.5, 0.6) is 0 Å². The molecular formula is C16H30N6. The third kappa shape index (κ3) is 3.49. The first-order valence-electron chi connectivity index (χ1n) is 8.67. The highest BCUT2D eigenvalue weighted by molar-refractivity contribution is 4.90. The van der Waals surface area contributed by atoms with Gasteiger partial charge in [0.15, 0.2) is 5.82 Å². The number of rotatable bonds is 3. The maximum absolute atomic E-state index is 4.26. The topological polar surface area (TPSA) is 50.1 Å². The highest BCUT2D eigenvalue weighted by Crippen LogP contribution is 2.27. The molecule has 6 nitrogen and oxygen atoms in total. The highest BCUT2D eigenvalue weighted by atomic mass is 15.6. The lowest BCUT2D eigenvalue weighted by Gasteiger charge is -2.37. The van der Waals surface area contributed by atoms with Crippen molar-refractivity contribution in [2.75, 3.05) is 26.2 Å². The van der Waals surface area contributed by atoms with E-state index in [1.165, 1.54) is 32.4 Å². The van der Waals surface area contributed by atoms with Gasteiger partial charge in [-0.05, 0) is 50.0 Å². The second-order valence-electron chi connectivity index (χ2n) is 8.10. The molecule has 1 saturated carbocycles. The van der Waals surface area contributed by atoms with Crippen LogP contribution in [0.4, 0.5) is 0 Å². The monoisotopic (exact) mass is 306 g/mol. The van der Waals surface area contributed by atoms with E-state index in [1.54, 1.807) is 0 Å². The Morgan fingerprint density at radius 3 is 2.55 bits per heavy atom. The van der Waals surface area contributed by atoms with Crippen LogP contribution in [0.15, 0.2) is 0 Å². The Hall–Kier alpha value is -1.01. The number of aromatic nitrogens is 4. The molecule has 0 aromatic carbocycles. The van der Waals surface area contributed by atoms with E-state index in [0.717, 1.165) is 31.5 Å². The molecule has 1 saturated heterocycles. The molecule has 1 aromatic rings. The summed E-state index contributed by atoms with van der Waals surface area (Å²) in [5, 5.41) is 12.3. The third-order valence-corrected chi connectivity index (χ3v) is 4.95. The maximum Gasteiger partial charge on any atom is 0.165 e. The van der Waals surface area contributed by atoms with Crippen LogP contribution in [0, 0.1) is 5.92 Å². The van der Waals surface area contributed by atoms with Gasteiger partial charge in [0.1, 0.15) is 0 Å². The van der Waals surface area contributed by atoms with Crippen LogP contribution in [-0.2, 0) is 12.1 Å². The summed E-state index contributed by atoms with van der Waals surface area (Å²) in [7, 11) is 0. The Morgan fingerprint density at radius 1 is 1.14 bits per heavy atom. The van der Waals surface area contributed by atoms with E-state index >= 15 is 0 Å². The van der Waals surface area contributed by atoms with E-state index < -0.39 is 0 Å². The molecule has 22 heavy (non-hydrogen) atoms. The molecule has 0 bridgehead atoms. The van der Waals surface area contributed by atoms with Crippen LogP contribution in [-0.4, -0.2) is 62.2 Å². The quantitative estimate of drug-likeness (QED) is 0.851. The number of hydrogen-bond donors (Lipinski definition) is 0. The molecule has 0 unspecified atom stereocenters. The third-order valence-electron chi connectivity index (χ3n) is 4.95. The number of hydrogen-bond acceptors (Lipinski definition) is 5. The van der Waals surface area contributed by atoms with Gasteiger partial charge in [-0.3, -0.25) is 9.80 Å². The zero-order valence-corrected chi connectivity index (χ0v) is 14.5. The fraction of sp³-hybridized carbons (Fsp3) is 0.938. The SMILES string of the molecule is C[C@@H]1CN(Cc2nnnn2C(C)(C)C)CCN(C2CCC2)C1. The molecule has 1 aliphatic carbocycles. The first-order valence-corrected chi connectivity index (χ1v) is 8.67. The minimum atomic E-state index is -0.0612. The van der Waals surface area contributed by atoms with Crippen molar-refractivity contribution in [3.8, 4) is 0 Å². The van der Waals surface area contributed by atoms with Crippen LogP contribution >= 0.6 is 0 Å². The first-order chi connectivity index (χ1) is 10.4. The fourth-order valence-corrected chi connectivity index (χ4v) is 3.60. The predicted molar refractivity (Wildman–Crippen MR) is 86.5 cm³/mol. The summed E-state index contributed by atoms with van der Waals surface area (Å²) in [5.41, 5.74) is -0.0612. The largest absolute Gasteiger partial charge is 0.299 e. The highest BCUT2D eigenvalue weighted by Gasteiger charge is 2.30. The molecule has 2 fully saturated rings. The number of tetrazole rings is 1. The van der Waals surface area contributed by atoms with Gasteiger partial charge >= 0.3 is 0 Å². The average molecular weight is 306 g/mol.